The van der Waals surface area contributed by atoms with E-state index in [4.69, 9.17) is 0 Å². The van der Waals surface area contributed by atoms with E-state index in [1.807, 2.05) is 6.92 Å². The van der Waals surface area contributed by atoms with E-state index in [0.717, 1.165) is 18.4 Å². The quantitative estimate of drug-likeness (QED) is 0.894. The van der Waals surface area contributed by atoms with Gasteiger partial charge in [-0.1, -0.05) is 17.7 Å². The Morgan fingerprint density at radius 2 is 1.95 bits per heavy atom. The zero-order chi connectivity index (χ0) is 15.2. The van der Waals surface area contributed by atoms with Crippen molar-refractivity contribution >= 4 is 15.7 Å². The van der Waals surface area contributed by atoms with E-state index in [2.05, 4.69) is 0 Å². The lowest BCUT2D eigenvalue weighted by Crippen LogP contribution is -2.36. The second kappa shape index (κ2) is 5.10. The second-order valence-electron chi connectivity index (χ2n) is 5.87. The number of carbonyl (C=O) groups excluding carboxylic acids is 1. The summed E-state index contributed by atoms with van der Waals surface area (Å²) in [7, 11) is -3.76. The van der Waals surface area contributed by atoms with Crippen LogP contribution in [0.25, 0.3) is 0 Å². The van der Waals surface area contributed by atoms with Crippen LogP contribution in [0.15, 0.2) is 29.2 Å². The molecule has 1 aromatic carbocycles. The van der Waals surface area contributed by atoms with Crippen LogP contribution in [0.3, 0.4) is 0 Å². The second-order valence-corrected chi connectivity index (χ2v) is 7.94. The zero-order valence-corrected chi connectivity index (χ0v) is 12.7. The Labute approximate surface area is 124 Å². The SMILES string of the molecule is Cc1ccc(S(=O)(=O)[C@H]2C(=O)N3CCCC3C2CO)cc1. The van der Waals surface area contributed by atoms with Gasteiger partial charge in [0.2, 0.25) is 5.91 Å². The molecular formula is C15H19NO4S. The summed E-state index contributed by atoms with van der Waals surface area (Å²) in [6.07, 6.45) is 1.65. The summed E-state index contributed by atoms with van der Waals surface area (Å²) in [5, 5.41) is 8.47. The van der Waals surface area contributed by atoms with Crippen LogP contribution >= 0.6 is 0 Å². The van der Waals surface area contributed by atoms with E-state index in [1.54, 1.807) is 17.0 Å². The van der Waals surface area contributed by atoms with Crippen LogP contribution in [0.1, 0.15) is 18.4 Å². The Hall–Kier alpha value is -1.40. The van der Waals surface area contributed by atoms with Gasteiger partial charge < -0.3 is 10.0 Å². The number of benzene rings is 1. The molecule has 3 rings (SSSR count). The lowest BCUT2D eigenvalue weighted by Gasteiger charge is -2.19. The summed E-state index contributed by atoms with van der Waals surface area (Å²) < 4.78 is 25.6. The molecule has 0 aromatic heterocycles. The molecule has 2 aliphatic rings. The summed E-state index contributed by atoms with van der Waals surface area (Å²) in [6, 6.07) is 6.39. The summed E-state index contributed by atoms with van der Waals surface area (Å²) in [5.74, 6) is -0.872. The third-order valence-electron chi connectivity index (χ3n) is 4.60. The highest BCUT2D eigenvalue weighted by atomic mass is 32.2. The van der Waals surface area contributed by atoms with E-state index in [9.17, 15) is 18.3 Å². The van der Waals surface area contributed by atoms with Gasteiger partial charge in [0, 0.05) is 25.1 Å². The summed E-state index contributed by atoms with van der Waals surface area (Å²) in [6.45, 7) is 2.20. The molecule has 0 spiro atoms. The molecule has 1 N–H and O–H groups in total. The first-order valence-corrected chi connectivity index (χ1v) is 8.73. The minimum absolute atomic E-state index is 0.132. The van der Waals surface area contributed by atoms with Crippen molar-refractivity contribution in [1.29, 1.82) is 0 Å². The molecule has 2 aliphatic heterocycles. The molecule has 1 amide bonds. The number of aryl methyl sites for hydroxylation is 1. The number of aliphatic hydroxyl groups is 1. The molecule has 0 radical (unpaired) electrons. The fourth-order valence-corrected chi connectivity index (χ4v) is 5.45. The molecule has 2 fully saturated rings. The molecule has 21 heavy (non-hydrogen) atoms. The van der Waals surface area contributed by atoms with Crippen LogP contribution in [0.2, 0.25) is 0 Å². The first kappa shape index (κ1) is 14.5. The molecule has 2 unspecified atom stereocenters. The first-order chi connectivity index (χ1) is 9.96. The van der Waals surface area contributed by atoms with Crippen molar-refractivity contribution in [1.82, 2.24) is 4.90 Å². The largest absolute Gasteiger partial charge is 0.396 e. The van der Waals surface area contributed by atoms with E-state index >= 15 is 0 Å². The van der Waals surface area contributed by atoms with Gasteiger partial charge in [0.05, 0.1) is 4.90 Å². The lowest BCUT2D eigenvalue weighted by molar-refractivity contribution is -0.127. The van der Waals surface area contributed by atoms with Gasteiger partial charge in [-0.2, -0.15) is 0 Å². The molecule has 2 saturated heterocycles. The van der Waals surface area contributed by atoms with Gasteiger partial charge in [-0.3, -0.25) is 4.79 Å². The topological polar surface area (TPSA) is 74.7 Å². The Morgan fingerprint density at radius 1 is 1.29 bits per heavy atom. The van der Waals surface area contributed by atoms with Crippen LogP contribution in [-0.2, 0) is 14.6 Å². The van der Waals surface area contributed by atoms with Crippen LogP contribution in [0.5, 0.6) is 0 Å². The average molecular weight is 309 g/mol. The van der Waals surface area contributed by atoms with Crippen LogP contribution in [0.4, 0.5) is 0 Å². The maximum Gasteiger partial charge on any atom is 0.242 e. The maximum atomic E-state index is 12.8. The molecule has 1 aromatic rings. The van der Waals surface area contributed by atoms with Crippen molar-refractivity contribution < 1.29 is 18.3 Å². The number of amides is 1. The number of aliphatic hydroxyl groups excluding tert-OH is 1. The van der Waals surface area contributed by atoms with Crippen LogP contribution < -0.4 is 0 Å². The third-order valence-corrected chi connectivity index (χ3v) is 6.75. The molecule has 114 valence electrons. The highest BCUT2D eigenvalue weighted by molar-refractivity contribution is 7.92. The Morgan fingerprint density at radius 3 is 2.57 bits per heavy atom. The standard InChI is InChI=1S/C15H19NO4S/c1-10-4-6-11(7-5-10)21(19,20)14-12(9-17)13-3-2-8-16(13)15(14)18/h4-7,12-14,17H,2-3,8-9H2,1H3/t12?,13?,14-/m1/s1. The van der Waals surface area contributed by atoms with Crippen molar-refractivity contribution in [3.8, 4) is 0 Å². The summed E-state index contributed by atoms with van der Waals surface area (Å²) in [4.78, 5) is 14.3. The van der Waals surface area contributed by atoms with Crippen molar-refractivity contribution in [2.45, 2.75) is 36.0 Å². The van der Waals surface area contributed by atoms with Crippen LogP contribution in [0, 0.1) is 12.8 Å². The number of hydrogen-bond donors (Lipinski definition) is 1. The predicted molar refractivity (Wildman–Crippen MR) is 77.5 cm³/mol. The summed E-state index contributed by atoms with van der Waals surface area (Å²) in [5.41, 5.74) is 0.964. The van der Waals surface area contributed by atoms with Crippen molar-refractivity contribution in [2.75, 3.05) is 13.2 Å². The Kier molecular flexibility index (Phi) is 3.53. The molecule has 3 atom stereocenters. The fourth-order valence-electron chi connectivity index (χ4n) is 3.51. The first-order valence-electron chi connectivity index (χ1n) is 7.18. The van der Waals surface area contributed by atoms with Gasteiger partial charge in [-0.05, 0) is 31.9 Å². The zero-order valence-electron chi connectivity index (χ0n) is 11.9. The molecule has 0 bridgehead atoms. The molecule has 5 nitrogen and oxygen atoms in total. The number of sulfone groups is 1. The van der Waals surface area contributed by atoms with Gasteiger partial charge in [0.15, 0.2) is 15.1 Å². The number of nitrogens with zero attached hydrogens (tertiary/aromatic N) is 1. The minimum atomic E-state index is -3.76. The Balaban J connectivity index is 2.01. The average Bonchev–Trinajstić information content (AvgIpc) is 3.01. The van der Waals surface area contributed by atoms with Crippen LogP contribution in [-0.4, -0.2) is 48.8 Å². The molecular weight excluding hydrogens is 290 g/mol. The number of carbonyl (C=O) groups is 1. The van der Waals surface area contributed by atoms with Crippen molar-refractivity contribution in [2.24, 2.45) is 5.92 Å². The van der Waals surface area contributed by atoms with Crippen molar-refractivity contribution in [3.63, 3.8) is 0 Å². The number of fused-ring (bicyclic) bond motifs is 1. The van der Waals surface area contributed by atoms with E-state index in [-0.39, 0.29) is 23.5 Å². The van der Waals surface area contributed by atoms with E-state index in [0.29, 0.717) is 6.54 Å². The molecule has 6 heteroatoms. The van der Waals surface area contributed by atoms with Gasteiger partial charge in [-0.15, -0.1) is 0 Å². The van der Waals surface area contributed by atoms with Gasteiger partial charge >= 0.3 is 0 Å². The summed E-state index contributed by atoms with van der Waals surface area (Å²) >= 11 is 0. The van der Waals surface area contributed by atoms with Gasteiger partial charge in [0.25, 0.3) is 0 Å². The third kappa shape index (κ3) is 2.17. The normalized spacial score (nSPS) is 29.0. The monoisotopic (exact) mass is 309 g/mol. The molecule has 0 saturated carbocycles. The highest BCUT2D eigenvalue weighted by Crippen LogP contribution is 2.39. The van der Waals surface area contributed by atoms with Gasteiger partial charge in [0.1, 0.15) is 0 Å². The lowest BCUT2D eigenvalue weighted by atomic mass is 9.99. The number of rotatable bonds is 3. The predicted octanol–water partition coefficient (Wildman–Crippen LogP) is 0.750. The maximum absolute atomic E-state index is 12.8. The molecule has 0 aliphatic carbocycles. The minimum Gasteiger partial charge on any atom is -0.396 e. The Bertz CT molecular complexity index is 653. The van der Waals surface area contributed by atoms with E-state index < -0.39 is 21.0 Å². The van der Waals surface area contributed by atoms with E-state index in [1.165, 1.54) is 12.1 Å². The number of hydrogen-bond acceptors (Lipinski definition) is 4. The van der Waals surface area contributed by atoms with Gasteiger partial charge in [-0.25, -0.2) is 8.42 Å². The highest BCUT2D eigenvalue weighted by Gasteiger charge is 2.55. The molecule has 2 heterocycles. The fraction of sp³-hybridized carbons (Fsp3) is 0.533. The van der Waals surface area contributed by atoms with Crippen molar-refractivity contribution in [3.05, 3.63) is 29.8 Å². The smallest absolute Gasteiger partial charge is 0.242 e.